The smallest absolute Gasteiger partial charge is 0.451 e. The van der Waals surface area contributed by atoms with Gasteiger partial charge in [0.1, 0.15) is 0 Å². The van der Waals surface area contributed by atoms with Crippen molar-refractivity contribution in [1.82, 2.24) is 19.2 Å². The summed E-state index contributed by atoms with van der Waals surface area (Å²) < 4.78 is 58.7. The van der Waals surface area contributed by atoms with E-state index in [9.17, 15) is 27.2 Å². The van der Waals surface area contributed by atoms with Gasteiger partial charge >= 0.3 is 11.9 Å². The first-order valence-electron chi connectivity index (χ1n) is 8.56. The van der Waals surface area contributed by atoms with E-state index in [1.54, 1.807) is 6.07 Å². The van der Waals surface area contributed by atoms with Crippen LogP contribution in [0.2, 0.25) is 0 Å². The number of piperidine rings is 1. The van der Waals surface area contributed by atoms with Crippen LogP contribution in [-0.2, 0) is 18.0 Å². The molecule has 0 saturated carbocycles. The number of halogens is 4. The van der Waals surface area contributed by atoms with E-state index in [1.165, 1.54) is 23.1 Å². The number of carbonyl (C=O) groups is 1. The normalized spacial score (nSPS) is 15.7. The molecule has 0 N–H and O–H groups in total. The fourth-order valence-electron chi connectivity index (χ4n) is 3.09. The van der Waals surface area contributed by atoms with Gasteiger partial charge in [-0.2, -0.15) is 13.2 Å². The summed E-state index contributed by atoms with van der Waals surface area (Å²) in [7, 11) is 1.02. The average molecular weight is 402 g/mol. The highest BCUT2D eigenvalue weighted by atomic mass is 19.4. The SMILES string of the molecule is Cn1c(C(F)(F)F)nn(C2CCN(C(=O)COc3ccccc3F)CC2)c1=O. The number of amides is 1. The third kappa shape index (κ3) is 4.02. The maximum atomic E-state index is 13.5. The predicted molar refractivity (Wildman–Crippen MR) is 89.2 cm³/mol. The second-order valence-electron chi connectivity index (χ2n) is 6.44. The molecule has 1 amide bonds. The lowest BCUT2D eigenvalue weighted by Crippen LogP contribution is -2.43. The zero-order chi connectivity index (χ0) is 20.5. The van der Waals surface area contributed by atoms with Crippen LogP contribution in [0.1, 0.15) is 24.7 Å². The number of alkyl halides is 3. The lowest BCUT2D eigenvalue weighted by Gasteiger charge is -2.31. The molecule has 1 aromatic heterocycles. The van der Waals surface area contributed by atoms with E-state index in [0.29, 0.717) is 4.57 Å². The number of likely N-dealkylation sites (tertiary alicyclic amines) is 1. The Morgan fingerprint density at radius 3 is 2.46 bits per heavy atom. The summed E-state index contributed by atoms with van der Waals surface area (Å²) in [4.78, 5) is 25.8. The molecule has 1 saturated heterocycles. The molecular formula is C17H18F4N4O3. The summed E-state index contributed by atoms with van der Waals surface area (Å²) in [6.45, 7) is 0.107. The van der Waals surface area contributed by atoms with Crippen LogP contribution in [0.5, 0.6) is 5.75 Å². The number of rotatable bonds is 4. The van der Waals surface area contributed by atoms with Crippen LogP contribution in [0.3, 0.4) is 0 Å². The second-order valence-corrected chi connectivity index (χ2v) is 6.44. The highest BCUT2D eigenvalue weighted by Crippen LogP contribution is 2.28. The maximum absolute atomic E-state index is 13.5. The zero-order valence-corrected chi connectivity index (χ0v) is 14.9. The minimum absolute atomic E-state index is 0.0366. The number of ether oxygens (including phenoxy) is 1. The van der Waals surface area contributed by atoms with E-state index < -0.39 is 29.5 Å². The molecular weight excluding hydrogens is 384 g/mol. The monoisotopic (exact) mass is 402 g/mol. The van der Waals surface area contributed by atoms with Crippen LogP contribution < -0.4 is 10.4 Å². The van der Waals surface area contributed by atoms with Crippen LogP contribution in [0.25, 0.3) is 0 Å². The molecule has 2 aromatic rings. The Kier molecular flexibility index (Phi) is 5.43. The minimum Gasteiger partial charge on any atom is -0.481 e. The van der Waals surface area contributed by atoms with Crippen molar-refractivity contribution in [2.24, 2.45) is 7.05 Å². The number of carbonyl (C=O) groups excluding carboxylic acids is 1. The Morgan fingerprint density at radius 2 is 1.89 bits per heavy atom. The molecule has 1 fully saturated rings. The van der Waals surface area contributed by atoms with Crippen molar-refractivity contribution < 1.29 is 27.1 Å². The molecule has 0 unspecified atom stereocenters. The molecule has 0 bridgehead atoms. The molecule has 0 spiro atoms. The predicted octanol–water partition coefficient (Wildman–Crippen LogP) is 1.98. The standard InChI is InChI=1S/C17H18F4N4O3/c1-23-15(17(19,20)21)22-25(16(23)27)11-6-8-24(9-7-11)14(26)10-28-13-5-3-2-4-12(13)18/h2-5,11H,6-10H2,1H3. The van der Waals surface area contributed by atoms with Crippen molar-refractivity contribution in [3.05, 3.63) is 46.4 Å². The molecule has 11 heteroatoms. The van der Waals surface area contributed by atoms with Gasteiger partial charge in [0.25, 0.3) is 5.91 Å². The molecule has 152 valence electrons. The molecule has 1 aliphatic rings. The van der Waals surface area contributed by atoms with Crippen LogP contribution >= 0.6 is 0 Å². The largest absolute Gasteiger partial charge is 0.481 e. The van der Waals surface area contributed by atoms with E-state index in [-0.39, 0.29) is 44.2 Å². The molecule has 7 nitrogen and oxygen atoms in total. The van der Waals surface area contributed by atoms with Gasteiger partial charge in [0, 0.05) is 20.1 Å². The van der Waals surface area contributed by atoms with Crippen molar-refractivity contribution in [2.75, 3.05) is 19.7 Å². The number of benzene rings is 1. The third-order valence-corrected chi connectivity index (χ3v) is 4.61. The summed E-state index contributed by atoms with van der Waals surface area (Å²) in [5.74, 6) is -2.24. The van der Waals surface area contributed by atoms with E-state index in [0.717, 1.165) is 11.7 Å². The molecule has 0 atom stereocenters. The number of hydrogen-bond acceptors (Lipinski definition) is 4. The molecule has 1 aliphatic heterocycles. The number of hydrogen-bond donors (Lipinski definition) is 0. The minimum atomic E-state index is -4.72. The Bertz CT molecular complexity index is 914. The van der Waals surface area contributed by atoms with Crippen molar-refractivity contribution in [1.29, 1.82) is 0 Å². The average Bonchev–Trinajstić information content (AvgIpc) is 2.96. The first-order valence-corrected chi connectivity index (χ1v) is 8.56. The van der Waals surface area contributed by atoms with Gasteiger partial charge < -0.3 is 9.64 Å². The van der Waals surface area contributed by atoms with Gasteiger partial charge in [0.05, 0.1) is 6.04 Å². The first-order chi connectivity index (χ1) is 13.2. The summed E-state index contributed by atoms with van der Waals surface area (Å²) in [5, 5.41) is 3.43. The molecule has 0 radical (unpaired) electrons. The van der Waals surface area contributed by atoms with E-state index >= 15 is 0 Å². The van der Waals surface area contributed by atoms with Gasteiger partial charge in [0.2, 0.25) is 5.82 Å². The van der Waals surface area contributed by atoms with Crippen molar-refractivity contribution in [2.45, 2.75) is 25.1 Å². The third-order valence-electron chi connectivity index (χ3n) is 4.61. The van der Waals surface area contributed by atoms with E-state index in [4.69, 9.17) is 4.74 Å². The number of aromatic nitrogens is 3. The van der Waals surface area contributed by atoms with Crippen molar-refractivity contribution in [3.8, 4) is 5.75 Å². The molecule has 28 heavy (non-hydrogen) atoms. The van der Waals surface area contributed by atoms with Crippen LogP contribution in [0, 0.1) is 5.82 Å². The number of para-hydroxylation sites is 1. The molecule has 0 aliphatic carbocycles. The quantitative estimate of drug-likeness (QED) is 0.734. The van der Waals surface area contributed by atoms with Gasteiger partial charge in [-0.1, -0.05) is 12.1 Å². The highest BCUT2D eigenvalue weighted by Gasteiger charge is 2.39. The summed E-state index contributed by atoms with van der Waals surface area (Å²) in [6.07, 6.45) is -4.17. The van der Waals surface area contributed by atoms with Gasteiger partial charge in [-0.05, 0) is 25.0 Å². The first kappa shape index (κ1) is 19.9. The second kappa shape index (κ2) is 7.64. The lowest BCUT2D eigenvalue weighted by atomic mass is 10.1. The Morgan fingerprint density at radius 1 is 1.25 bits per heavy atom. The molecule has 3 rings (SSSR count). The Hall–Kier alpha value is -2.85. The highest BCUT2D eigenvalue weighted by molar-refractivity contribution is 5.77. The van der Waals surface area contributed by atoms with Crippen LogP contribution in [0.4, 0.5) is 17.6 Å². The van der Waals surface area contributed by atoms with Gasteiger partial charge in [-0.3, -0.25) is 9.36 Å². The Balaban J connectivity index is 1.60. The van der Waals surface area contributed by atoms with E-state index in [2.05, 4.69) is 5.10 Å². The fourth-order valence-corrected chi connectivity index (χ4v) is 3.09. The van der Waals surface area contributed by atoms with Crippen LogP contribution in [0.15, 0.2) is 29.1 Å². The maximum Gasteiger partial charge on any atom is 0.451 e. The topological polar surface area (TPSA) is 69.4 Å². The lowest BCUT2D eigenvalue weighted by molar-refractivity contribution is -0.147. The summed E-state index contributed by atoms with van der Waals surface area (Å²) in [6, 6.07) is 5.16. The van der Waals surface area contributed by atoms with Crippen molar-refractivity contribution >= 4 is 5.91 Å². The number of nitrogens with zero attached hydrogens (tertiary/aromatic N) is 4. The Labute approximate surface area is 157 Å². The van der Waals surface area contributed by atoms with Gasteiger partial charge in [-0.25, -0.2) is 13.9 Å². The van der Waals surface area contributed by atoms with Gasteiger partial charge in [0.15, 0.2) is 18.2 Å². The van der Waals surface area contributed by atoms with E-state index in [1.807, 2.05) is 0 Å². The summed E-state index contributed by atoms with van der Waals surface area (Å²) in [5.41, 5.74) is -0.847. The van der Waals surface area contributed by atoms with Gasteiger partial charge in [-0.15, -0.1) is 5.10 Å². The molecule has 1 aromatic carbocycles. The van der Waals surface area contributed by atoms with Crippen molar-refractivity contribution in [3.63, 3.8) is 0 Å². The van der Waals surface area contributed by atoms with Crippen LogP contribution in [-0.4, -0.2) is 44.9 Å². The summed E-state index contributed by atoms with van der Waals surface area (Å²) >= 11 is 0. The zero-order valence-electron chi connectivity index (χ0n) is 14.9. The fraction of sp³-hybridized carbons (Fsp3) is 0.471. The molecule has 2 heterocycles.